The Hall–Kier alpha value is -3.62. The Morgan fingerprint density at radius 3 is 1.28 bits per heavy atom. The standard InChI is InChI=1S/C28H34F2N6/c1-27(2)11-21(19(15-31)16-32)25(29)23(13-27)35-9-7-5-6-8-10-36-24-14-28(3,4)12-22(26(24)30)20(17-33)18-34/h35-36H,5-14H2,1-4H3. The van der Waals surface area contributed by atoms with Gasteiger partial charge in [0.2, 0.25) is 0 Å². The Morgan fingerprint density at radius 2 is 0.972 bits per heavy atom. The van der Waals surface area contributed by atoms with Gasteiger partial charge in [-0.2, -0.15) is 21.0 Å². The fourth-order valence-electron chi connectivity index (χ4n) is 4.79. The maximum atomic E-state index is 14.9. The molecule has 0 aliphatic heterocycles. The first-order chi connectivity index (χ1) is 17.0. The number of nitrogens with one attached hydrogen (secondary N) is 2. The van der Waals surface area contributed by atoms with Gasteiger partial charge in [0, 0.05) is 35.6 Å². The van der Waals surface area contributed by atoms with E-state index in [0.717, 1.165) is 25.7 Å². The summed E-state index contributed by atoms with van der Waals surface area (Å²) in [5, 5.41) is 43.0. The SMILES string of the molecule is CC1(C)CC(NCCCCCCNC2=C(F)C(=C(C#N)C#N)CC(C)(C)C2)=C(F)C(=C(C#N)C#N)C1. The lowest BCUT2D eigenvalue weighted by Gasteiger charge is -2.33. The summed E-state index contributed by atoms with van der Waals surface area (Å²) in [5.74, 6) is -0.960. The number of hydrogen-bond acceptors (Lipinski definition) is 6. The van der Waals surface area contributed by atoms with Gasteiger partial charge in [0.05, 0.1) is 0 Å². The topological polar surface area (TPSA) is 119 Å². The Balaban J connectivity index is 1.85. The Kier molecular flexibility index (Phi) is 9.84. The summed E-state index contributed by atoms with van der Waals surface area (Å²) in [6.07, 6.45) is 5.20. The van der Waals surface area contributed by atoms with Crippen molar-refractivity contribution in [1.29, 1.82) is 21.0 Å². The molecule has 2 rings (SSSR count). The van der Waals surface area contributed by atoms with E-state index >= 15 is 0 Å². The average molecular weight is 493 g/mol. The highest BCUT2D eigenvalue weighted by Gasteiger charge is 2.34. The van der Waals surface area contributed by atoms with Gasteiger partial charge in [0.1, 0.15) is 47.1 Å². The molecule has 0 aromatic rings. The van der Waals surface area contributed by atoms with Gasteiger partial charge in [-0.25, -0.2) is 8.78 Å². The van der Waals surface area contributed by atoms with Crippen LogP contribution >= 0.6 is 0 Å². The zero-order chi connectivity index (χ0) is 26.9. The number of rotatable bonds is 9. The van der Waals surface area contributed by atoms with Crippen molar-refractivity contribution in [3.05, 3.63) is 45.3 Å². The molecule has 0 amide bonds. The predicted octanol–water partition coefficient (Wildman–Crippen LogP) is 6.42. The van der Waals surface area contributed by atoms with Gasteiger partial charge in [-0.05, 0) is 49.4 Å². The molecule has 0 bridgehead atoms. The first-order valence-electron chi connectivity index (χ1n) is 12.3. The summed E-state index contributed by atoms with van der Waals surface area (Å²) in [5.41, 5.74) is 0.451. The van der Waals surface area contributed by atoms with Crippen molar-refractivity contribution in [3.8, 4) is 24.3 Å². The van der Waals surface area contributed by atoms with E-state index in [2.05, 4.69) is 10.6 Å². The van der Waals surface area contributed by atoms with E-state index in [4.69, 9.17) is 21.0 Å². The summed E-state index contributed by atoms with van der Waals surface area (Å²) in [6, 6.07) is 7.21. The van der Waals surface area contributed by atoms with Gasteiger partial charge in [-0.1, -0.05) is 40.5 Å². The summed E-state index contributed by atoms with van der Waals surface area (Å²) >= 11 is 0. The lowest BCUT2D eigenvalue weighted by molar-refractivity contribution is 0.319. The zero-order valence-corrected chi connectivity index (χ0v) is 21.6. The third kappa shape index (κ3) is 7.44. The number of halogens is 2. The van der Waals surface area contributed by atoms with Crippen LogP contribution in [0, 0.1) is 56.2 Å². The average Bonchev–Trinajstić information content (AvgIpc) is 2.81. The van der Waals surface area contributed by atoms with Crippen molar-refractivity contribution in [2.24, 2.45) is 10.8 Å². The maximum Gasteiger partial charge on any atom is 0.147 e. The van der Waals surface area contributed by atoms with Crippen LogP contribution in [0.15, 0.2) is 45.3 Å². The molecule has 2 N–H and O–H groups in total. The van der Waals surface area contributed by atoms with E-state index in [9.17, 15) is 8.78 Å². The van der Waals surface area contributed by atoms with E-state index < -0.39 is 11.7 Å². The van der Waals surface area contributed by atoms with Gasteiger partial charge in [-0.3, -0.25) is 0 Å². The molecule has 0 fully saturated rings. The van der Waals surface area contributed by atoms with Crippen molar-refractivity contribution in [1.82, 2.24) is 10.6 Å². The van der Waals surface area contributed by atoms with E-state index in [1.807, 2.05) is 27.7 Å². The number of hydrogen-bond donors (Lipinski definition) is 2. The Bertz CT molecular complexity index is 1030. The molecule has 2 aliphatic rings. The van der Waals surface area contributed by atoms with Crippen LogP contribution in [0.25, 0.3) is 0 Å². The fourth-order valence-corrected chi connectivity index (χ4v) is 4.79. The van der Waals surface area contributed by atoms with Crippen molar-refractivity contribution in [2.45, 2.75) is 79.1 Å². The normalized spacial score (nSPS) is 18.5. The molecule has 0 aromatic heterocycles. The maximum absolute atomic E-state index is 14.9. The molecular weight excluding hydrogens is 458 g/mol. The van der Waals surface area contributed by atoms with Gasteiger partial charge in [0.15, 0.2) is 0 Å². The number of unbranched alkanes of at least 4 members (excludes halogenated alkanes) is 3. The third-order valence-electron chi connectivity index (χ3n) is 6.51. The van der Waals surface area contributed by atoms with E-state index in [-0.39, 0.29) is 33.1 Å². The highest BCUT2D eigenvalue weighted by Crippen LogP contribution is 2.43. The molecule has 36 heavy (non-hydrogen) atoms. The van der Waals surface area contributed by atoms with Crippen LogP contribution in [-0.2, 0) is 0 Å². The van der Waals surface area contributed by atoms with Crippen LogP contribution in [-0.4, -0.2) is 13.1 Å². The minimum Gasteiger partial charge on any atom is -0.386 e. The molecular formula is C28H34F2N6. The predicted molar refractivity (Wildman–Crippen MR) is 133 cm³/mol. The molecule has 0 saturated heterocycles. The van der Waals surface area contributed by atoms with Crippen LogP contribution in [0.2, 0.25) is 0 Å². The first kappa shape index (κ1) is 28.6. The van der Waals surface area contributed by atoms with Crippen LogP contribution in [0.3, 0.4) is 0 Å². The van der Waals surface area contributed by atoms with Crippen molar-refractivity contribution < 1.29 is 8.78 Å². The van der Waals surface area contributed by atoms with Crippen LogP contribution in [0.5, 0.6) is 0 Å². The number of allylic oxidation sites excluding steroid dienone is 8. The summed E-state index contributed by atoms with van der Waals surface area (Å²) in [7, 11) is 0. The summed E-state index contributed by atoms with van der Waals surface area (Å²) in [4.78, 5) is 0. The third-order valence-corrected chi connectivity index (χ3v) is 6.51. The van der Waals surface area contributed by atoms with Gasteiger partial charge < -0.3 is 10.6 Å². The molecule has 0 heterocycles. The minimum absolute atomic E-state index is 0.168. The van der Waals surface area contributed by atoms with E-state index in [0.29, 0.717) is 50.2 Å². The molecule has 0 saturated carbocycles. The molecule has 6 nitrogen and oxygen atoms in total. The molecule has 190 valence electrons. The lowest BCUT2D eigenvalue weighted by Crippen LogP contribution is -2.28. The van der Waals surface area contributed by atoms with Crippen LogP contribution in [0.4, 0.5) is 8.78 Å². The summed E-state index contributed by atoms with van der Waals surface area (Å²) < 4.78 is 29.8. The Morgan fingerprint density at radius 1 is 0.639 bits per heavy atom. The van der Waals surface area contributed by atoms with Gasteiger partial charge >= 0.3 is 0 Å². The lowest BCUT2D eigenvalue weighted by atomic mass is 9.75. The highest BCUT2D eigenvalue weighted by molar-refractivity contribution is 5.50. The fraction of sp³-hybridized carbons (Fsp3) is 0.571. The molecule has 0 spiro atoms. The molecule has 8 heteroatoms. The summed E-state index contributed by atoms with van der Waals surface area (Å²) in [6.45, 7) is 9.14. The highest BCUT2D eigenvalue weighted by atomic mass is 19.1. The number of nitrogens with zero attached hydrogens (tertiary/aromatic N) is 4. The Labute approximate surface area is 213 Å². The van der Waals surface area contributed by atoms with Gasteiger partial charge in [-0.15, -0.1) is 0 Å². The number of nitriles is 4. The minimum atomic E-state index is -0.480. The van der Waals surface area contributed by atoms with Crippen molar-refractivity contribution in [3.63, 3.8) is 0 Å². The smallest absolute Gasteiger partial charge is 0.147 e. The molecule has 0 aromatic carbocycles. The van der Waals surface area contributed by atoms with Crippen molar-refractivity contribution >= 4 is 0 Å². The quantitative estimate of drug-likeness (QED) is 0.283. The van der Waals surface area contributed by atoms with E-state index in [1.54, 1.807) is 24.3 Å². The monoisotopic (exact) mass is 492 g/mol. The second-order valence-corrected chi connectivity index (χ2v) is 11.0. The first-order valence-corrected chi connectivity index (χ1v) is 12.3. The molecule has 0 unspecified atom stereocenters. The van der Waals surface area contributed by atoms with Gasteiger partial charge in [0.25, 0.3) is 0 Å². The molecule has 0 atom stereocenters. The van der Waals surface area contributed by atoms with E-state index in [1.165, 1.54) is 0 Å². The molecule has 2 aliphatic carbocycles. The second kappa shape index (κ2) is 12.4. The van der Waals surface area contributed by atoms with Crippen LogP contribution < -0.4 is 10.6 Å². The molecule has 0 radical (unpaired) electrons. The van der Waals surface area contributed by atoms with Crippen molar-refractivity contribution in [2.75, 3.05) is 13.1 Å². The zero-order valence-electron chi connectivity index (χ0n) is 21.6. The second-order valence-electron chi connectivity index (χ2n) is 11.0. The van der Waals surface area contributed by atoms with Crippen LogP contribution in [0.1, 0.15) is 79.1 Å². The largest absolute Gasteiger partial charge is 0.386 e.